The van der Waals surface area contributed by atoms with Gasteiger partial charge in [-0.25, -0.2) is 0 Å². The van der Waals surface area contributed by atoms with Crippen LogP contribution in [0.5, 0.6) is 11.5 Å². The zero-order chi connectivity index (χ0) is 9.84. The molecule has 0 radical (unpaired) electrons. The molecule has 0 bridgehead atoms. The Morgan fingerprint density at radius 1 is 1.15 bits per heavy atom. The van der Waals surface area contributed by atoms with Crippen LogP contribution in [0.1, 0.15) is 2.85 Å². The fraction of sp³-hybridized carbons (Fsp3) is 0.250. The maximum atomic E-state index is 8.87. The molecule has 74 valence electrons. The molecule has 0 unspecified atom stereocenters. The lowest BCUT2D eigenvalue weighted by Crippen LogP contribution is -2.29. The summed E-state index contributed by atoms with van der Waals surface area (Å²) >= 11 is 0. The number of ether oxygens (including phenoxy) is 2. The molecular formula is C8H15BO4. The van der Waals surface area contributed by atoms with Gasteiger partial charge in [0.1, 0.15) is 0 Å². The second-order valence-corrected chi connectivity index (χ2v) is 2.49. The molecule has 2 N–H and O–H groups in total. The van der Waals surface area contributed by atoms with Gasteiger partial charge in [0.2, 0.25) is 0 Å². The molecule has 13 heavy (non-hydrogen) atoms. The summed E-state index contributed by atoms with van der Waals surface area (Å²) in [5.74, 6) is 1.04. The average Bonchev–Trinajstić information content (AvgIpc) is 2.16. The van der Waals surface area contributed by atoms with Crippen LogP contribution in [0.2, 0.25) is 0 Å². The molecule has 0 aliphatic rings. The van der Waals surface area contributed by atoms with Crippen LogP contribution < -0.4 is 14.9 Å². The third kappa shape index (κ3) is 2.14. The first-order chi connectivity index (χ1) is 6.19. The van der Waals surface area contributed by atoms with Crippen LogP contribution in [0.4, 0.5) is 0 Å². The molecule has 0 fully saturated rings. The smallest absolute Gasteiger partial charge is 0.488 e. The van der Waals surface area contributed by atoms with Crippen LogP contribution in [0.3, 0.4) is 0 Å². The van der Waals surface area contributed by atoms with E-state index in [1.807, 2.05) is 0 Å². The summed E-state index contributed by atoms with van der Waals surface area (Å²) in [5.41, 5.74) is 0.373. The normalized spacial score (nSPS) is 9.54. The van der Waals surface area contributed by atoms with Gasteiger partial charge in [0.25, 0.3) is 0 Å². The summed E-state index contributed by atoms with van der Waals surface area (Å²) in [7, 11) is 1.53. The van der Waals surface area contributed by atoms with E-state index in [2.05, 4.69) is 0 Å². The highest BCUT2D eigenvalue weighted by atomic mass is 16.5. The van der Waals surface area contributed by atoms with Gasteiger partial charge in [0.05, 0.1) is 14.2 Å². The predicted molar refractivity (Wildman–Crippen MR) is 53.6 cm³/mol. The van der Waals surface area contributed by atoms with Gasteiger partial charge in [-0.1, -0.05) is 6.07 Å². The Kier molecular flexibility index (Phi) is 3.16. The molecule has 0 aromatic heterocycles. The Morgan fingerprint density at radius 2 is 1.77 bits per heavy atom. The molecule has 0 heterocycles. The van der Waals surface area contributed by atoms with Crippen LogP contribution in [-0.2, 0) is 0 Å². The van der Waals surface area contributed by atoms with Crippen molar-refractivity contribution < 1.29 is 22.4 Å². The molecule has 1 aromatic rings. The SMILES string of the molecule is COc1ccc(B(O)O)cc1OC.[HH].[HH]. The second kappa shape index (κ2) is 4.16. The van der Waals surface area contributed by atoms with Crippen LogP contribution in [0, 0.1) is 0 Å². The van der Waals surface area contributed by atoms with E-state index in [0.717, 1.165) is 0 Å². The van der Waals surface area contributed by atoms with Crippen molar-refractivity contribution in [2.75, 3.05) is 14.2 Å². The van der Waals surface area contributed by atoms with E-state index >= 15 is 0 Å². The fourth-order valence-corrected chi connectivity index (χ4v) is 1.01. The summed E-state index contributed by atoms with van der Waals surface area (Å²) in [5, 5.41) is 17.7. The highest BCUT2D eigenvalue weighted by molar-refractivity contribution is 6.58. The quantitative estimate of drug-likeness (QED) is 0.646. The van der Waals surface area contributed by atoms with Crippen molar-refractivity contribution in [2.45, 2.75) is 0 Å². The van der Waals surface area contributed by atoms with E-state index in [0.29, 0.717) is 17.0 Å². The Labute approximate surface area is 79.8 Å². The number of benzene rings is 1. The van der Waals surface area contributed by atoms with Gasteiger partial charge in [0.15, 0.2) is 11.5 Å². The molecular weight excluding hydrogens is 171 g/mol. The molecule has 0 spiro atoms. The van der Waals surface area contributed by atoms with Crippen molar-refractivity contribution in [2.24, 2.45) is 0 Å². The van der Waals surface area contributed by atoms with Crippen molar-refractivity contribution >= 4 is 12.6 Å². The Morgan fingerprint density at radius 3 is 2.23 bits per heavy atom. The summed E-state index contributed by atoms with van der Waals surface area (Å²) in [4.78, 5) is 0. The van der Waals surface area contributed by atoms with Gasteiger partial charge >= 0.3 is 7.12 Å². The highest BCUT2D eigenvalue weighted by Crippen LogP contribution is 2.24. The molecule has 4 nitrogen and oxygen atoms in total. The Balaban J connectivity index is 0. The predicted octanol–water partition coefficient (Wildman–Crippen LogP) is -0.124. The third-order valence-corrected chi connectivity index (χ3v) is 1.71. The van der Waals surface area contributed by atoms with E-state index in [-0.39, 0.29) is 2.85 Å². The number of rotatable bonds is 3. The molecule has 1 rings (SSSR count). The van der Waals surface area contributed by atoms with Gasteiger partial charge in [-0.3, -0.25) is 0 Å². The molecule has 0 aliphatic heterocycles. The van der Waals surface area contributed by atoms with Crippen LogP contribution in [0.25, 0.3) is 0 Å². The number of methoxy groups -OCH3 is 2. The molecule has 0 saturated carbocycles. The first-order valence-corrected chi connectivity index (χ1v) is 3.77. The molecule has 0 amide bonds. The number of hydrogen-bond acceptors (Lipinski definition) is 4. The largest absolute Gasteiger partial charge is 0.493 e. The van der Waals surface area contributed by atoms with Gasteiger partial charge < -0.3 is 19.5 Å². The Bertz CT molecular complexity index is 296. The maximum Gasteiger partial charge on any atom is 0.488 e. The standard InChI is InChI=1S/C8H11BO4.2H2/c1-12-7-4-3-6(9(10)11)5-8(7)13-2;;/h3-5,10-11H,1-2H3;2*1H. The monoisotopic (exact) mass is 186 g/mol. The zero-order valence-corrected chi connectivity index (χ0v) is 7.52. The highest BCUT2D eigenvalue weighted by Gasteiger charge is 2.13. The van der Waals surface area contributed by atoms with Crippen molar-refractivity contribution in [1.29, 1.82) is 0 Å². The first-order valence-electron chi connectivity index (χ1n) is 3.77. The molecule has 5 heteroatoms. The molecule has 0 saturated heterocycles. The first kappa shape index (κ1) is 9.89. The zero-order valence-electron chi connectivity index (χ0n) is 7.52. The lowest BCUT2D eigenvalue weighted by Gasteiger charge is -2.08. The topological polar surface area (TPSA) is 58.9 Å². The van der Waals surface area contributed by atoms with Crippen molar-refractivity contribution in [3.05, 3.63) is 18.2 Å². The number of hydrogen-bond donors (Lipinski definition) is 2. The maximum absolute atomic E-state index is 8.87. The molecule has 1 aromatic carbocycles. The third-order valence-electron chi connectivity index (χ3n) is 1.71. The van der Waals surface area contributed by atoms with Crippen molar-refractivity contribution in [1.82, 2.24) is 0 Å². The summed E-state index contributed by atoms with van der Waals surface area (Å²) in [6.07, 6.45) is 0. The Hall–Kier alpha value is -1.20. The van der Waals surface area contributed by atoms with Crippen LogP contribution in [0.15, 0.2) is 18.2 Å². The van der Waals surface area contributed by atoms with Crippen LogP contribution >= 0.6 is 0 Å². The minimum Gasteiger partial charge on any atom is -0.493 e. The van der Waals surface area contributed by atoms with Gasteiger partial charge in [0, 0.05) is 2.85 Å². The van der Waals surface area contributed by atoms with Gasteiger partial charge in [-0.15, -0.1) is 0 Å². The fourth-order valence-electron chi connectivity index (χ4n) is 1.01. The lowest BCUT2D eigenvalue weighted by molar-refractivity contribution is 0.355. The second-order valence-electron chi connectivity index (χ2n) is 2.49. The van der Waals surface area contributed by atoms with E-state index < -0.39 is 7.12 Å². The summed E-state index contributed by atoms with van der Waals surface area (Å²) in [6.45, 7) is 0. The van der Waals surface area contributed by atoms with Crippen molar-refractivity contribution in [3.63, 3.8) is 0 Å². The van der Waals surface area contributed by atoms with E-state index in [1.165, 1.54) is 20.3 Å². The minimum atomic E-state index is -1.49. The van der Waals surface area contributed by atoms with E-state index in [9.17, 15) is 0 Å². The molecule has 0 aliphatic carbocycles. The van der Waals surface area contributed by atoms with Crippen LogP contribution in [-0.4, -0.2) is 31.4 Å². The molecule has 0 atom stereocenters. The van der Waals surface area contributed by atoms with E-state index in [4.69, 9.17) is 19.5 Å². The summed E-state index contributed by atoms with van der Waals surface area (Å²) < 4.78 is 9.96. The van der Waals surface area contributed by atoms with Crippen molar-refractivity contribution in [3.8, 4) is 11.5 Å². The van der Waals surface area contributed by atoms with Gasteiger partial charge in [-0.2, -0.15) is 0 Å². The summed E-state index contributed by atoms with van der Waals surface area (Å²) in [6, 6.07) is 4.70. The minimum absolute atomic E-state index is 0. The average molecular weight is 186 g/mol. The van der Waals surface area contributed by atoms with E-state index in [1.54, 1.807) is 12.1 Å². The lowest BCUT2D eigenvalue weighted by atomic mass is 9.80. The van der Waals surface area contributed by atoms with Gasteiger partial charge in [-0.05, 0) is 17.6 Å².